The third-order valence-corrected chi connectivity index (χ3v) is 3.63. The van der Waals surface area contributed by atoms with Crippen molar-refractivity contribution in [3.63, 3.8) is 0 Å². The summed E-state index contributed by atoms with van der Waals surface area (Å²) in [5.74, 6) is 0. The van der Waals surface area contributed by atoms with Crippen LogP contribution in [0.4, 0.5) is 10.8 Å². The minimum absolute atomic E-state index is 0.805. The van der Waals surface area contributed by atoms with Gasteiger partial charge in [-0.15, -0.1) is 11.3 Å². The standard InChI is InChI=1S/C13H17N3S/c1-3-12-9-17-13(15-12)16(2)8-10-4-6-11(14)7-5-10/h4-7,9H,3,8,14H2,1-2H3. The van der Waals surface area contributed by atoms with Gasteiger partial charge in [-0.3, -0.25) is 0 Å². The van der Waals surface area contributed by atoms with Gasteiger partial charge in [0, 0.05) is 24.7 Å². The van der Waals surface area contributed by atoms with Crippen LogP contribution >= 0.6 is 11.3 Å². The molecule has 0 fully saturated rings. The van der Waals surface area contributed by atoms with Gasteiger partial charge < -0.3 is 10.6 Å². The number of benzene rings is 1. The quantitative estimate of drug-likeness (QED) is 0.845. The lowest BCUT2D eigenvalue weighted by Gasteiger charge is -2.15. The van der Waals surface area contributed by atoms with E-state index in [0.717, 1.165) is 29.5 Å². The Kier molecular flexibility index (Phi) is 3.64. The topological polar surface area (TPSA) is 42.1 Å². The van der Waals surface area contributed by atoms with Gasteiger partial charge in [0.05, 0.1) is 5.69 Å². The molecule has 0 spiro atoms. The van der Waals surface area contributed by atoms with Gasteiger partial charge in [-0.1, -0.05) is 19.1 Å². The van der Waals surface area contributed by atoms with Crippen LogP contribution in [0.25, 0.3) is 0 Å². The predicted molar refractivity (Wildman–Crippen MR) is 74.5 cm³/mol. The summed E-state index contributed by atoms with van der Waals surface area (Å²) in [5.41, 5.74) is 8.88. The van der Waals surface area contributed by atoms with E-state index in [1.807, 2.05) is 12.1 Å². The molecule has 2 aromatic rings. The van der Waals surface area contributed by atoms with Crippen LogP contribution in [0.3, 0.4) is 0 Å². The zero-order valence-corrected chi connectivity index (χ0v) is 11.0. The first-order valence-corrected chi connectivity index (χ1v) is 6.57. The van der Waals surface area contributed by atoms with Crippen molar-refractivity contribution in [2.75, 3.05) is 17.7 Å². The van der Waals surface area contributed by atoms with E-state index in [1.165, 1.54) is 5.56 Å². The van der Waals surface area contributed by atoms with Crippen LogP contribution in [-0.4, -0.2) is 12.0 Å². The molecule has 17 heavy (non-hydrogen) atoms. The number of aryl methyl sites for hydroxylation is 1. The molecule has 2 rings (SSSR count). The molecule has 4 heteroatoms. The third-order valence-electron chi connectivity index (χ3n) is 2.63. The largest absolute Gasteiger partial charge is 0.399 e. The molecule has 0 aliphatic carbocycles. The van der Waals surface area contributed by atoms with Gasteiger partial charge >= 0.3 is 0 Å². The van der Waals surface area contributed by atoms with Gasteiger partial charge in [0.25, 0.3) is 0 Å². The average molecular weight is 247 g/mol. The first kappa shape index (κ1) is 11.9. The highest BCUT2D eigenvalue weighted by molar-refractivity contribution is 7.13. The van der Waals surface area contributed by atoms with Crippen molar-refractivity contribution in [1.29, 1.82) is 0 Å². The van der Waals surface area contributed by atoms with Crippen molar-refractivity contribution in [2.24, 2.45) is 0 Å². The number of nitrogens with two attached hydrogens (primary N) is 1. The Morgan fingerprint density at radius 1 is 1.29 bits per heavy atom. The third kappa shape index (κ3) is 2.97. The van der Waals surface area contributed by atoms with Gasteiger partial charge in [-0.05, 0) is 24.1 Å². The smallest absolute Gasteiger partial charge is 0.185 e. The first-order valence-electron chi connectivity index (χ1n) is 5.69. The number of hydrogen-bond donors (Lipinski definition) is 1. The minimum atomic E-state index is 0.805. The van der Waals surface area contributed by atoms with Crippen LogP contribution in [0.5, 0.6) is 0 Å². The van der Waals surface area contributed by atoms with E-state index in [2.05, 4.69) is 41.4 Å². The highest BCUT2D eigenvalue weighted by Crippen LogP contribution is 2.21. The number of rotatable bonds is 4. The summed E-state index contributed by atoms with van der Waals surface area (Å²) in [6.45, 7) is 2.98. The molecule has 1 aromatic carbocycles. The molecule has 90 valence electrons. The number of nitrogen functional groups attached to an aromatic ring is 1. The zero-order chi connectivity index (χ0) is 12.3. The average Bonchev–Trinajstić information content (AvgIpc) is 2.81. The maximum absolute atomic E-state index is 5.67. The molecular formula is C13H17N3S. The molecule has 0 saturated carbocycles. The van der Waals surface area contributed by atoms with Crippen molar-refractivity contribution < 1.29 is 0 Å². The molecule has 0 bridgehead atoms. The van der Waals surface area contributed by atoms with Crippen LogP contribution in [0.15, 0.2) is 29.6 Å². The van der Waals surface area contributed by atoms with Gasteiger partial charge in [0.2, 0.25) is 0 Å². The van der Waals surface area contributed by atoms with Crippen LogP contribution in [0.1, 0.15) is 18.2 Å². The van der Waals surface area contributed by atoms with E-state index in [0.29, 0.717) is 0 Å². The lowest BCUT2D eigenvalue weighted by molar-refractivity contribution is 0.904. The van der Waals surface area contributed by atoms with Crippen LogP contribution in [0.2, 0.25) is 0 Å². The van der Waals surface area contributed by atoms with Gasteiger partial charge in [-0.2, -0.15) is 0 Å². The van der Waals surface area contributed by atoms with E-state index in [-0.39, 0.29) is 0 Å². The Hall–Kier alpha value is -1.55. The Bertz CT molecular complexity index is 476. The summed E-state index contributed by atoms with van der Waals surface area (Å²) >= 11 is 1.69. The van der Waals surface area contributed by atoms with E-state index in [9.17, 15) is 0 Å². The fourth-order valence-electron chi connectivity index (χ4n) is 1.60. The minimum Gasteiger partial charge on any atom is -0.399 e. The number of nitrogens with zero attached hydrogens (tertiary/aromatic N) is 2. The molecule has 0 atom stereocenters. The first-order chi connectivity index (χ1) is 8.19. The maximum atomic E-state index is 5.67. The van der Waals surface area contributed by atoms with Gasteiger partial charge in [-0.25, -0.2) is 4.98 Å². The van der Waals surface area contributed by atoms with Crippen LogP contribution in [-0.2, 0) is 13.0 Å². The van der Waals surface area contributed by atoms with E-state index >= 15 is 0 Å². The number of hydrogen-bond acceptors (Lipinski definition) is 4. The van der Waals surface area contributed by atoms with Gasteiger partial charge in [0.15, 0.2) is 5.13 Å². The van der Waals surface area contributed by atoms with Crippen molar-refractivity contribution in [1.82, 2.24) is 4.98 Å². The molecule has 2 N–H and O–H groups in total. The molecule has 1 aromatic heterocycles. The van der Waals surface area contributed by atoms with Crippen molar-refractivity contribution in [2.45, 2.75) is 19.9 Å². The second kappa shape index (κ2) is 5.19. The van der Waals surface area contributed by atoms with Crippen molar-refractivity contribution >= 4 is 22.2 Å². The predicted octanol–water partition coefficient (Wildman–Crippen LogP) is 2.92. The highest BCUT2D eigenvalue weighted by atomic mass is 32.1. The summed E-state index contributed by atoms with van der Waals surface area (Å²) in [6, 6.07) is 7.98. The molecule has 0 unspecified atom stereocenters. The van der Waals surface area contributed by atoms with Crippen LogP contribution in [0, 0.1) is 0 Å². The van der Waals surface area contributed by atoms with Gasteiger partial charge in [0.1, 0.15) is 0 Å². The molecule has 0 radical (unpaired) electrons. The second-order valence-corrected chi connectivity index (χ2v) is 4.91. The lowest BCUT2D eigenvalue weighted by Crippen LogP contribution is -2.16. The summed E-state index contributed by atoms with van der Waals surface area (Å²) < 4.78 is 0. The molecule has 0 saturated heterocycles. The molecular weight excluding hydrogens is 230 g/mol. The second-order valence-electron chi connectivity index (χ2n) is 4.07. The Morgan fingerprint density at radius 3 is 2.59 bits per heavy atom. The summed E-state index contributed by atoms with van der Waals surface area (Å²) in [5, 5.41) is 3.19. The van der Waals surface area contributed by atoms with Crippen LogP contribution < -0.4 is 10.6 Å². The fourth-order valence-corrected chi connectivity index (χ4v) is 2.47. The molecule has 0 aliphatic heterocycles. The van der Waals surface area contributed by atoms with Crippen molar-refractivity contribution in [3.05, 3.63) is 40.9 Å². The highest BCUT2D eigenvalue weighted by Gasteiger charge is 2.06. The number of aromatic nitrogens is 1. The number of anilines is 2. The fraction of sp³-hybridized carbons (Fsp3) is 0.308. The lowest BCUT2D eigenvalue weighted by atomic mass is 10.2. The Labute approximate surface area is 106 Å². The number of thiazole rings is 1. The molecule has 0 amide bonds. The molecule has 0 aliphatic rings. The Morgan fingerprint density at radius 2 is 2.00 bits per heavy atom. The van der Waals surface area contributed by atoms with E-state index in [4.69, 9.17) is 5.73 Å². The van der Waals surface area contributed by atoms with E-state index in [1.54, 1.807) is 11.3 Å². The normalized spacial score (nSPS) is 10.5. The monoisotopic (exact) mass is 247 g/mol. The summed E-state index contributed by atoms with van der Waals surface area (Å²) in [6.07, 6.45) is 0.992. The Balaban J connectivity index is 2.05. The summed E-state index contributed by atoms with van der Waals surface area (Å²) in [4.78, 5) is 6.72. The van der Waals surface area contributed by atoms with Crippen molar-refractivity contribution in [3.8, 4) is 0 Å². The zero-order valence-electron chi connectivity index (χ0n) is 10.2. The summed E-state index contributed by atoms with van der Waals surface area (Å²) in [7, 11) is 2.06. The van der Waals surface area contributed by atoms with E-state index < -0.39 is 0 Å². The molecule has 3 nitrogen and oxygen atoms in total. The SMILES string of the molecule is CCc1csc(N(C)Cc2ccc(N)cc2)n1. The molecule has 1 heterocycles. The maximum Gasteiger partial charge on any atom is 0.185 e.